The van der Waals surface area contributed by atoms with Gasteiger partial charge in [-0.15, -0.1) is 0 Å². The van der Waals surface area contributed by atoms with Gasteiger partial charge in [-0.1, -0.05) is 12.1 Å². The lowest BCUT2D eigenvalue weighted by Gasteiger charge is -2.07. The zero-order valence-electron chi connectivity index (χ0n) is 12.2. The topological polar surface area (TPSA) is 70.2 Å². The Balaban J connectivity index is 2.46. The van der Waals surface area contributed by atoms with Gasteiger partial charge in [0.05, 0.1) is 0 Å². The van der Waals surface area contributed by atoms with Crippen molar-refractivity contribution in [2.45, 2.75) is 26.3 Å². The second-order valence-electron chi connectivity index (χ2n) is 4.54. The summed E-state index contributed by atoms with van der Waals surface area (Å²) in [5, 5.41) is 8.62. The van der Waals surface area contributed by atoms with Gasteiger partial charge in [0.1, 0.15) is 0 Å². The minimum Gasteiger partial charge on any atom is -0.352 e. The number of rotatable bonds is 8. The first-order valence-electron chi connectivity index (χ1n) is 6.95. The molecule has 5 heteroatoms. The average Bonchev–Trinajstić information content (AvgIpc) is 2.46. The Morgan fingerprint density at radius 3 is 2.70 bits per heavy atom. The quantitative estimate of drug-likeness (QED) is 0.622. The molecule has 5 nitrogen and oxygen atoms in total. The molecule has 0 aliphatic rings. The van der Waals surface area contributed by atoms with E-state index < -0.39 is 0 Å². The lowest BCUT2D eigenvalue weighted by molar-refractivity contribution is -0.121. The summed E-state index contributed by atoms with van der Waals surface area (Å²) >= 11 is 0. The monoisotopic (exact) mass is 277 g/mol. The highest BCUT2D eigenvalue weighted by atomic mass is 16.2. The van der Waals surface area contributed by atoms with Gasteiger partial charge in [0.2, 0.25) is 5.91 Å². The molecule has 0 heterocycles. The SMILES string of the molecule is CCNC(=O)c1cccc(CNC(=O)CCCNC)c1. The summed E-state index contributed by atoms with van der Waals surface area (Å²) < 4.78 is 0. The standard InChI is InChI=1S/C15H23N3O2/c1-3-17-15(20)13-7-4-6-12(10-13)11-18-14(19)8-5-9-16-2/h4,6-7,10,16H,3,5,8-9,11H2,1-2H3,(H,17,20)(H,18,19). The molecule has 3 N–H and O–H groups in total. The summed E-state index contributed by atoms with van der Waals surface area (Å²) in [5.41, 5.74) is 1.55. The highest BCUT2D eigenvalue weighted by Crippen LogP contribution is 2.05. The third-order valence-corrected chi connectivity index (χ3v) is 2.85. The molecule has 1 rings (SSSR count). The minimum atomic E-state index is -0.0882. The molecule has 0 fully saturated rings. The summed E-state index contributed by atoms with van der Waals surface area (Å²) in [5.74, 6) is -0.0571. The highest BCUT2D eigenvalue weighted by molar-refractivity contribution is 5.94. The first-order chi connectivity index (χ1) is 9.67. The van der Waals surface area contributed by atoms with Crippen LogP contribution in [-0.4, -0.2) is 32.0 Å². The van der Waals surface area contributed by atoms with Crippen molar-refractivity contribution in [3.8, 4) is 0 Å². The largest absolute Gasteiger partial charge is 0.352 e. The van der Waals surface area contributed by atoms with Gasteiger partial charge >= 0.3 is 0 Å². The van der Waals surface area contributed by atoms with Crippen molar-refractivity contribution >= 4 is 11.8 Å². The van der Waals surface area contributed by atoms with Crippen LogP contribution in [0.2, 0.25) is 0 Å². The van der Waals surface area contributed by atoms with Gasteiger partial charge in [-0.2, -0.15) is 0 Å². The molecule has 0 saturated carbocycles. The molecule has 110 valence electrons. The lowest BCUT2D eigenvalue weighted by atomic mass is 10.1. The molecule has 2 amide bonds. The molecule has 0 saturated heterocycles. The third-order valence-electron chi connectivity index (χ3n) is 2.85. The van der Waals surface area contributed by atoms with Gasteiger partial charge in [0.25, 0.3) is 5.91 Å². The maximum Gasteiger partial charge on any atom is 0.251 e. The van der Waals surface area contributed by atoms with Crippen LogP contribution in [0.5, 0.6) is 0 Å². The predicted molar refractivity (Wildman–Crippen MR) is 79.5 cm³/mol. The molecule has 0 aliphatic carbocycles. The normalized spacial score (nSPS) is 10.1. The van der Waals surface area contributed by atoms with Crippen molar-refractivity contribution < 1.29 is 9.59 Å². The molecule has 0 unspecified atom stereocenters. The minimum absolute atomic E-state index is 0.0312. The molecule has 0 atom stereocenters. The van der Waals surface area contributed by atoms with E-state index in [4.69, 9.17) is 0 Å². The summed E-state index contributed by atoms with van der Waals surface area (Å²) in [6, 6.07) is 7.30. The smallest absolute Gasteiger partial charge is 0.251 e. The molecule has 20 heavy (non-hydrogen) atoms. The Morgan fingerprint density at radius 2 is 2.00 bits per heavy atom. The van der Waals surface area contributed by atoms with E-state index in [2.05, 4.69) is 16.0 Å². The van der Waals surface area contributed by atoms with Crippen molar-refractivity contribution in [2.24, 2.45) is 0 Å². The van der Waals surface area contributed by atoms with Crippen LogP contribution in [0.25, 0.3) is 0 Å². The molecular weight excluding hydrogens is 254 g/mol. The summed E-state index contributed by atoms with van der Waals surface area (Å²) in [4.78, 5) is 23.3. The fraction of sp³-hybridized carbons (Fsp3) is 0.467. The van der Waals surface area contributed by atoms with E-state index in [1.807, 2.05) is 26.1 Å². The van der Waals surface area contributed by atoms with Crippen LogP contribution in [0, 0.1) is 0 Å². The molecule has 1 aromatic carbocycles. The molecule has 1 aromatic rings. The van der Waals surface area contributed by atoms with Crippen LogP contribution in [-0.2, 0) is 11.3 Å². The number of hydrogen-bond donors (Lipinski definition) is 3. The van der Waals surface area contributed by atoms with E-state index >= 15 is 0 Å². The number of carbonyl (C=O) groups is 2. The van der Waals surface area contributed by atoms with Gasteiger partial charge < -0.3 is 16.0 Å². The van der Waals surface area contributed by atoms with Crippen molar-refractivity contribution in [3.05, 3.63) is 35.4 Å². The fourth-order valence-electron chi connectivity index (χ4n) is 1.80. The van der Waals surface area contributed by atoms with Gasteiger partial charge in [0, 0.05) is 25.1 Å². The summed E-state index contributed by atoms with van der Waals surface area (Å²) in [7, 11) is 1.87. The first-order valence-corrected chi connectivity index (χ1v) is 6.95. The van der Waals surface area contributed by atoms with Crippen molar-refractivity contribution in [1.82, 2.24) is 16.0 Å². The van der Waals surface area contributed by atoms with Crippen LogP contribution in [0.3, 0.4) is 0 Å². The van der Waals surface area contributed by atoms with Crippen LogP contribution < -0.4 is 16.0 Å². The van der Waals surface area contributed by atoms with E-state index in [1.165, 1.54) is 0 Å². The number of carbonyl (C=O) groups excluding carboxylic acids is 2. The Morgan fingerprint density at radius 1 is 1.20 bits per heavy atom. The van der Waals surface area contributed by atoms with Crippen molar-refractivity contribution in [3.63, 3.8) is 0 Å². The Hall–Kier alpha value is -1.88. The zero-order valence-corrected chi connectivity index (χ0v) is 12.2. The summed E-state index contributed by atoms with van der Waals surface area (Å²) in [6.07, 6.45) is 1.33. The number of hydrogen-bond acceptors (Lipinski definition) is 3. The van der Waals surface area contributed by atoms with E-state index in [1.54, 1.807) is 12.1 Å². The molecule has 0 aromatic heterocycles. The maximum absolute atomic E-state index is 11.7. The third kappa shape index (κ3) is 5.84. The van der Waals surface area contributed by atoms with Gasteiger partial charge in [-0.05, 0) is 44.6 Å². The van der Waals surface area contributed by atoms with Crippen LogP contribution >= 0.6 is 0 Å². The second kappa shape index (κ2) is 9.09. The van der Waals surface area contributed by atoms with Crippen LogP contribution in [0.15, 0.2) is 24.3 Å². The number of nitrogens with one attached hydrogen (secondary N) is 3. The van der Waals surface area contributed by atoms with Crippen LogP contribution in [0.1, 0.15) is 35.7 Å². The Labute approximate surface area is 120 Å². The highest BCUT2D eigenvalue weighted by Gasteiger charge is 2.05. The van der Waals surface area contributed by atoms with E-state index in [0.717, 1.165) is 18.5 Å². The Bertz CT molecular complexity index is 446. The van der Waals surface area contributed by atoms with Gasteiger partial charge in [-0.3, -0.25) is 9.59 Å². The van der Waals surface area contributed by atoms with E-state index in [9.17, 15) is 9.59 Å². The van der Waals surface area contributed by atoms with E-state index in [-0.39, 0.29) is 11.8 Å². The zero-order chi connectivity index (χ0) is 14.8. The lowest BCUT2D eigenvalue weighted by Crippen LogP contribution is -2.25. The molecule has 0 aliphatic heterocycles. The summed E-state index contributed by atoms with van der Waals surface area (Å²) in [6.45, 7) is 3.77. The number of amides is 2. The van der Waals surface area contributed by atoms with Crippen molar-refractivity contribution in [1.29, 1.82) is 0 Å². The maximum atomic E-state index is 11.7. The molecule has 0 spiro atoms. The fourth-order valence-corrected chi connectivity index (χ4v) is 1.80. The van der Waals surface area contributed by atoms with Crippen LogP contribution in [0.4, 0.5) is 0 Å². The first kappa shape index (κ1) is 16.2. The molecular formula is C15H23N3O2. The predicted octanol–water partition coefficient (Wildman–Crippen LogP) is 1.05. The second-order valence-corrected chi connectivity index (χ2v) is 4.54. The van der Waals surface area contributed by atoms with E-state index in [0.29, 0.717) is 25.1 Å². The number of benzene rings is 1. The molecule has 0 radical (unpaired) electrons. The Kier molecular flexibility index (Phi) is 7.35. The van der Waals surface area contributed by atoms with Gasteiger partial charge in [0.15, 0.2) is 0 Å². The van der Waals surface area contributed by atoms with Gasteiger partial charge in [-0.25, -0.2) is 0 Å². The average molecular weight is 277 g/mol. The van der Waals surface area contributed by atoms with Crippen molar-refractivity contribution in [2.75, 3.05) is 20.1 Å². The molecule has 0 bridgehead atoms.